The molecule has 3 heteroatoms. The van der Waals surface area contributed by atoms with E-state index in [2.05, 4.69) is 0 Å². The number of rotatable bonds is 2. The highest BCUT2D eigenvalue weighted by atomic mass is 16.6. The average molecular weight is 207 g/mol. The first kappa shape index (κ1) is 11.7. The molecule has 0 amide bonds. The third kappa shape index (κ3) is 3.72. The molecule has 0 spiro atoms. The zero-order valence-corrected chi connectivity index (χ0v) is 9.24. The van der Waals surface area contributed by atoms with E-state index >= 15 is 0 Å². The van der Waals surface area contributed by atoms with Crippen molar-refractivity contribution in [1.29, 1.82) is 0 Å². The molecule has 0 fully saturated rings. The summed E-state index contributed by atoms with van der Waals surface area (Å²) in [4.78, 5) is 11.6. The van der Waals surface area contributed by atoms with Gasteiger partial charge in [0.25, 0.3) is 0 Å². The van der Waals surface area contributed by atoms with Crippen LogP contribution in [0, 0.1) is 0 Å². The Bertz CT molecular complexity index is 350. The van der Waals surface area contributed by atoms with Crippen LogP contribution in [0.1, 0.15) is 36.7 Å². The maximum atomic E-state index is 11.6. The number of carbonyl (C=O) groups is 1. The van der Waals surface area contributed by atoms with Crippen molar-refractivity contribution >= 4 is 5.97 Å². The van der Waals surface area contributed by atoms with Crippen molar-refractivity contribution in [2.75, 3.05) is 0 Å². The largest absolute Gasteiger partial charge is 0.456 e. The minimum Gasteiger partial charge on any atom is -0.456 e. The van der Waals surface area contributed by atoms with Crippen molar-refractivity contribution in [2.45, 2.75) is 33.0 Å². The third-order valence-electron chi connectivity index (χ3n) is 1.73. The Balaban J connectivity index is 2.82. The van der Waals surface area contributed by atoms with E-state index in [0.29, 0.717) is 11.1 Å². The number of hydrogen-bond acceptors (Lipinski definition) is 2. The highest BCUT2D eigenvalue weighted by Gasteiger charge is 2.17. The molecule has 15 heavy (non-hydrogen) atoms. The van der Waals surface area contributed by atoms with E-state index in [1.165, 1.54) is 0 Å². The highest BCUT2D eigenvalue weighted by Crippen LogP contribution is 2.13. The lowest BCUT2D eigenvalue weighted by Crippen LogP contribution is -2.23. The number of carbonyl (C=O) groups excluding carboxylic acids is 1. The summed E-state index contributed by atoms with van der Waals surface area (Å²) in [6.07, 6.45) is 0. The van der Waals surface area contributed by atoms with Gasteiger partial charge in [-0.15, -0.1) is 0 Å². The summed E-state index contributed by atoms with van der Waals surface area (Å²) in [5, 5.41) is 10.6. The zero-order chi connectivity index (χ0) is 11.5. The summed E-state index contributed by atoms with van der Waals surface area (Å²) in [6.45, 7) is 5.10. The van der Waals surface area contributed by atoms with E-state index in [0.717, 1.165) is 0 Å². The van der Waals surface area contributed by atoms with Crippen molar-refractivity contribution in [2.24, 2.45) is 0 Å². The fraction of sp³-hybridized carbons (Fsp3) is 0.417. The Morgan fingerprint density at radius 3 is 2.53 bits per heavy atom. The van der Waals surface area contributed by atoms with Gasteiger partial charge in [0.2, 0.25) is 0 Å². The summed E-state index contributed by atoms with van der Waals surface area (Å²) in [5.74, 6) is -0.391. The average Bonchev–Trinajstić information content (AvgIpc) is 2.15. The molecule has 0 saturated carbocycles. The first-order chi connectivity index (χ1) is 6.92. The first-order valence-corrected chi connectivity index (χ1v) is 4.83. The van der Waals surface area contributed by atoms with Gasteiger partial charge in [0.15, 0.2) is 0 Å². The van der Waals surface area contributed by atoms with Crippen LogP contribution in [0.2, 0.25) is 0 Å². The van der Waals surface area contributed by atoms with Gasteiger partial charge in [-0.05, 0) is 38.5 Å². The van der Waals surface area contributed by atoms with Gasteiger partial charge in [-0.25, -0.2) is 9.90 Å². The summed E-state index contributed by atoms with van der Waals surface area (Å²) in [7, 11) is 0. The van der Waals surface area contributed by atoms with Crippen LogP contribution in [0.3, 0.4) is 0 Å². The zero-order valence-electron chi connectivity index (χ0n) is 9.24. The van der Waals surface area contributed by atoms with Gasteiger partial charge in [-0.1, -0.05) is 12.1 Å². The van der Waals surface area contributed by atoms with Gasteiger partial charge in [0.1, 0.15) is 12.2 Å². The third-order valence-corrected chi connectivity index (χ3v) is 1.73. The lowest BCUT2D eigenvalue weighted by atomic mass is 10.1. The predicted octanol–water partition coefficient (Wildman–Crippen LogP) is 2.57. The van der Waals surface area contributed by atoms with E-state index in [4.69, 9.17) is 4.74 Å². The first-order valence-electron chi connectivity index (χ1n) is 4.83. The van der Waals surface area contributed by atoms with Crippen LogP contribution in [0.25, 0.3) is 0 Å². The SMILES string of the molecule is CC(C)(C)OC(=O)c1cccc(C[O])c1. The standard InChI is InChI=1S/C12H15O3/c1-12(2,3)15-11(14)10-6-4-5-9(7-10)8-13/h4-7H,8H2,1-3H3. The Morgan fingerprint density at radius 1 is 1.33 bits per heavy atom. The maximum Gasteiger partial charge on any atom is 0.338 e. The van der Waals surface area contributed by atoms with Gasteiger partial charge in [0.05, 0.1) is 5.56 Å². The molecule has 0 aliphatic rings. The topological polar surface area (TPSA) is 46.2 Å². The second kappa shape index (κ2) is 4.45. The van der Waals surface area contributed by atoms with Crippen molar-refractivity contribution in [3.63, 3.8) is 0 Å². The monoisotopic (exact) mass is 207 g/mol. The lowest BCUT2D eigenvalue weighted by Gasteiger charge is -2.19. The van der Waals surface area contributed by atoms with E-state index in [9.17, 15) is 9.90 Å². The summed E-state index contributed by atoms with van der Waals surface area (Å²) < 4.78 is 5.18. The number of ether oxygens (including phenoxy) is 1. The molecule has 1 aromatic carbocycles. The molecular weight excluding hydrogens is 192 g/mol. The second-order valence-electron chi connectivity index (χ2n) is 4.35. The predicted molar refractivity (Wildman–Crippen MR) is 56.0 cm³/mol. The Kier molecular flexibility index (Phi) is 3.48. The van der Waals surface area contributed by atoms with Crippen LogP contribution in [0.4, 0.5) is 0 Å². The number of benzene rings is 1. The summed E-state index contributed by atoms with van der Waals surface area (Å²) >= 11 is 0. The molecule has 1 rings (SSSR count). The number of hydrogen-bond donors (Lipinski definition) is 0. The maximum absolute atomic E-state index is 11.6. The molecule has 1 radical (unpaired) electrons. The highest BCUT2D eigenvalue weighted by molar-refractivity contribution is 5.89. The molecule has 0 N–H and O–H groups in total. The van der Waals surface area contributed by atoms with Gasteiger partial charge in [-0.3, -0.25) is 0 Å². The van der Waals surface area contributed by atoms with Gasteiger partial charge in [0, 0.05) is 0 Å². The second-order valence-corrected chi connectivity index (χ2v) is 4.35. The van der Waals surface area contributed by atoms with Crippen molar-refractivity contribution in [1.82, 2.24) is 0 Å². The number of esters is 1. The summed E-state index contributed by atoms with van der Waals surface area (Å²) in [5.41, 5.74) is 0.515. The minimum absolute atomic E-state index is 0.323. The smallest absolute Gasteiger partial charge is 0.338 e. The molecular formula is C12H15O3. The van der Waals surface area contributed by atoms with Crippen molar-refractivity contribution in [3.05, 3.63) is 35.4 Å². The molecule has 0 saturated heterocycles. The fourth-order valence-corrected chi connectivity index (χ4v) is 1.13. The van der Waals surface area contributed by atoms with E-state index < -0.39 is 11.6 Å². The van der Waals surface area contributed by atoms with Crippen LogP contribution in [0.5, 0.6) is 0 Å². The molecule has 0 aliphatic heterocycles. The van der Waals surface area contributed by atoms with Gasteiger partial charge >= 0.3 is 5.97 Å². The van der Waals surface area contributed by atoms with Crippen molar-refractivity contribution in [3.8, 4) is 0 Å². The molecule has 81 valence electrons. The van der Waals surface area contributed by atoms with Crippen LogP contribution in [0.15, 0.2) is 24.3 Å². The molecule has 0 aromatic heterocycles. The van der Waals surface area contributed by atoms with Crippen LogP contribution < -0.4 is 0 Å². The Morgan fingerprint density at radius 2 is 2.00 bits per heavy atom. The van der Waals surface area contributed by atoms with E-state index in [1.807, 2.05) is 20.8 Å². The van der Waals surface area contributed by atoms with Gasteiger partial charge in [-0.2, -0.15) is 0 Å². The Labute approximate surface area is 89.7 Å². The minimum atomic E-state index is -0.509. The molecule has 0 aliphatic carbocycles. The van der Waals surface area contributed by atoms with E-state index in [1.54, 1.807) is 24.3 Å². The molecule has 1 aromatic rings. The van der Waals surface area contributed by atoms with Crippen LogP contribution >= 0.6 is 0 Å². The molecule has 0 bridgehead atoms. The molecule has 0 atom stereocenters. The lowest BCUT2D eigenvalue weighted by molar-refractivity contribution is 0.00693. The Hall–Kier alpha value is -1.35. The fourth-order valence-electron chi connectivity index (χ4n) is 1.13. The van der Waals surface area contributed by atoms with Crippen LogP contribution in [-0.2, 0) is 16.5 Å². The normalized spacial score (nSPS) is 11.2. The van der Waals surface area contributed by atoms with Gasteiger partial charge < -0.3 is 4.74 Å². The molecule has 0 unspecified atom stereocenters. The summed E-state index contributed by atoms with van der Waals surface area (Å²) in [6, 6.07) is 6.60. The van der Waals surface area contributed by atoms with Crippen LogP contribution in [-0.4, -0.2) is 11.6 Å². The van der Waals surface area contributed by atoms with Crippen molar-refractivity contribution < 1.29 is 14.6 Å². The quantitative estimate of drug-likeness (QED) is 0.700. The van der Waals surface area contributed by atoms with E-state index in [-0.39, 0.29) is 6.61 Å². The molecule has 3 nitrogen and oxygen atoms in total. The molecule has 0 heterocycles.